The van der Waals surface area contributed by atoms with Gasteiger partial charge in [0.1, 0.15) is 5.75 Å². The molecule has 0 saturated carbocycles. The molecule has 0 aliphatic rings. The number of H-pyrrole nitrogens is 1. The number of sulfonamides is 1. The molecule has 1 heterocycles. The van der Waals surface area contributed by atoms with Crippen LogP contribution in [0.1, 0.15) is 140 Å². The first-order chi connectivity index (χ1) is 25.9. The van der Waals surface area contributed by atoms with E-state index in [1.54, 1.807) is 10.8 Å². The average molecular weight is 779 g/mol. The topological polar surface area (TPSA) is 94.7 Å². The zero-order valence-electron chi connectivity index (χ0n) is 33.3. The molecule has 0 saturated heterocycles. The Morgan fingerprint density at radius 2 is 1.35 bits per heavy atom. The Hall–Kier alpha value is -3.09. The summed E-state index contributed by atoms with van der Waals surface area (Å²) >= 11 is 0. The van der Waals surface area contributed by atoms with E-state index in [1.165, 1.54) is 37.8 Å². The standard InChI is InChI=1S/C42H65F3N4O4S/c1-6-11-17-34(32-40(50)33-18-21-37(22-19-33)53-29-16-26-48(24-12-7-2)25-13-8-3)41(49(27-14-9-4)28-15-10-5)39-31-35-30-36(20-23-38(35)46-39)47-54(51,52)42(43,44)45/h18-23,30-31,34,41,46-47H,6-17,24-29,32H2,1-5H3. The van der Waals surface area contributed by atoms with Gasteiger partial charge in [-0.25, -0.2) is 0 Å². The van der Waals surface area contributed by atoms with Gasteiger partial charge in [0.15, 0.2) is 5.78 Å². The Labute approximate surface area is 322 Å². The summed E-state index contributed by atoms with van der Waals surface area (Å²) in [7, 11) is -5.56. The lowest BCUT2D eigenvalue weighted by Gasteiger charge is -2.37. The first-order valence-corrected chi connectivity index (χ1v) is 21.8. The van der Waals surface area contributed by atoms with Crippen molar-refractivity contribution in [3.63, 3.8) is 0 Å². The molecule has 54 heavy (non-hydrogen) atoms. The van der Waals surface area contributed by atoms with Crippen molar-refractivity contribution in [1.29, 1.82) is 0 Å². The number of halogens is 3. The number of carbonyl (C=O) groups is 1. The molecule has 0 aliphatic carbocycles. The summed E-state index contributed by atoms with van der Waals surface area (Å²) < 4.78 is 70.8. The Balaban J connectivity index is 1.85. The van der Waals surface area contributed by atoms with E-state index in [0.29, 0.717) is 29.5 Å². The molecule has 0 radical (unpaired) electrons. The highest BCUT2D eigenvalue weighted by atomic mass is 32.2. The van der Waals surface area contributed by atoms with E-state index in [9.17, 15) is 26.4 Å². The highest BCUT2D eigenvalue weighted by molar-refractivity contribution is 7.93. The van der Waals surface area contributed by atoms with Gasteiger partial charge in [-0.1, -0.05) is 73.1 Å². The number of rotatable bonds is 28. The molecule has 0 spiro atoms. The number of anilines is 1. The number of nitrogens with zero attached hydrogens (tertiary/aromatic N) is 2. The van der Waals surface area contributed by atoms with Gasteiger partial charge in [-0.05, 0) is 119 Å². The number of benzene rings is 2. The van der Waals surface area contributed by atoms with Crippen molar-refractivity contribution < 1.29 is 31.1 Å². The number of alkyl halides is 3. The van der Waals surface area contributed by atoms with Crippen molar-refractivity contribution in [1.82, 2.24) is 14.8 Å². The summed E-state index contributed by atoms with van der Waals surface area (Å²) in [5, 5.41) is 0.592. The minimum absolute atomic E-state index is 0.0401. The molecular weight excluding hydrogens is 714 g/mol. The van der Waals surface area contributed by atoms with Gasteiger partial charge >= 0.3 is 15.5 Å². The van der Waals surface area contributed by atoms with Crippen molar-refractivity contribution in [3.8, 4) is 5.75 Å². The molecule has 2 unspecified atom stereocenters. The number of carbonyl (C=O) groups excluding carboxylic acids is 1. The number of hydrogen-bond acceptors (Lipinski definition) is 6. The molecule has 1 aromatic heterocycles. The third kappa shape index (κ3) is 14.2. The minimum Gasteiger partial charge on any atom is -0.494 e. The number of aromatic nitrogens is 1. The Bertz CT molecular complexity index is 1610. The number of fused-ring (bicyclic) bond motifs is 1. The van der Waals surface area contributed by atoms with E-state index in [2.05, 4.69) is 49.4 Å². The smallest absolute Gasteiger partial charge is 0.494 e. The average Bonchev–Trinajstić information content (AvgIpc) is 3.56. The number of ketones is 1. The summed E-state index contributed by atoms with van der Waals surface area (Å²) in [5.41, 5.74) is -3.40. The predicted octanol–water partition coefficient (Wildman–Crippen LogP) is 11.1. The molecule has 0 bridgehead atoms. The molecule has 0 amide bonds. The van der Waals surface area contributed by atoms with Crippen molar-refractivity contribution in [2.24, 2.45) is 5.92 Å². The molecule has 3 rings (SSSR count). The number of hydrogen-bond donors (Lipinski definition) is 2. The Kier molecular flexibility index (Phi) is 19.4. The summed E-state index contributed by atoms with van der Waals surface area (Å²) in [6, 6.07) is 13.6. The van der Waals surface area contributed by atoms with Crippen LogP contribution >= 0.6 is 0 Å². The molecular formula is C42H65F3N4O4S. The fraction of sp³-hybridized carbons (Fsp3) is 0.643. The zero-order chi connectivity index (χ0) is 39.6. The largest absolute Gasteiger partial charge is 0.516 e. The number of nitrogens with one attached hydrogen (secondary N) is 2. The molecule has 12 heteroatoms. The maximum atomic E-state index is 14.0. The monoisotopic (exact) mass is 778 g/mol. The van der Waals surface area contributed by atoms with Crippen LogP contribution in [0.5, 0.6) is 5.75 Å². The van der Waals surface area contributed by atoms with E-state index < -0.39 is 15.5 Å². The SMILES string of the molecule is CCCCC(CC(=O)c1ccc(OCCCN(CCCC)CCCC)cc1)C(c1cc2cc(NS(=O)(=O)C(F)(F)F)ccc2[nH]1)N(CCCC)CCCC. The van der Waals surface area contributed by atoms with Gasteiger partial charge in [0.2, 0.25) is 0 Å². The van der Waals surface area contributed by atoms with E-state index >= 15 is 0 Å². The molecule has 3 aromatic rings. The van der Waals surface area contributed by atoms with Crippen molar-refractivity contribution >= 4 is 32.4 Å². The maximum Gasteiger partial charge on any atom is 0.516 e. The fourth-order valence-electron chi connectivity index (χ4n) is 6.96. The number of unbranched alkanes of at least 4 members (excludes halogenated alkanes) is 5. The van der Waals surface area contributed by atoms with Crippen molar-refractivity contribution in [2.75, 3.05) is 44.1 Å². The van der Waals surface area contributed by atoms with E-state index in [4.69, 9.17) is 4.74 Å². The molecule has 0 aliphatic heterocycles. The molecule has 304 valence electrons. The highest BCUT2D eigenvalue weighted by Crippen LogP contribution is 2.38. The van der Waals surface area contributed by atoms with Crippen LogP contribution in [0.3, 0.4) is 0 Å². The van der Waals surface area contributed by atoms with Crippen LogP contribution < -0.4 is 9.46 Å². The van der Waals surface area contributed by atoms with Gasteiger partial charge < -0.3 is 14.6 Å². The summed E-state index contributed by atoms with van der Waals surface area (Å²) in [5.74, 6) is 0.767. The zero-order valence-corrected chi connectivity index (χ0v) is 34.1. The second-order valence-corrected chi connectivity index (χ2v) is 16.2. The second-order valence-electron chi connectivity index (χ2n) is 14.6. The molecule has 2 aromatic carbocycles. The van der Waals surface area contributed by atoms with E-state index in [-0.39, 0.29) is 23.4 Å². The molecule has 2 N–H and O–H groups in total. The Morgan fingerprint density at radius 1 is 0.778 bits per heavy atom. The normalized spacial score (nSPS) is 13.5. The Morgan fingerprint density at radius 3 is 1.93 bits per heavy atom. The quantitative estimate of drug-likeness (QED) is 0.0563. The van der Waals surface area contributed by atoms with Gasteiger partial charge in [-0.15, -0.1) is 0 Å². The highest BCUT2D eigenvalue weighted by Gasteiger charge is 2.46. The van der Waals surface area contributed by atoms with Gasteiger partial charge in [0, 0.05) is 40.8 Å². The summed E-state index contributed by atoms with van der Waals surface area (Å²) in [4.78, 5) is 22.5. The lowest BCUT2D eigenvalue weighted by molar-refractivity contribution is -0.0429. The second kappa shape index (κ2) is 23.1. The summed E-state index contributed by atoms with van der Waals surface area (Å²) in [6.07, 6.45) is 12.8. The van der Waals surface area contributed by atoms with Crippen LogP contribution in [0.2, 0.25) is 0 Å². The van der Waals surface area contributed by atoms with Crippen LogP contribution in [0.15, 0.2) is 48.5 Å². The lowest BCUT2D eigenvalue weighted by Crippen LogP contribution is -2.36. The number of Topliss-reactive ketones (excluding diaryl/α,β-unsaturated/α-hetero) is 1. The maximum absolute atomic E-state index is 14.0. The van der Waals surface area contributed by atoms with Gasteiger partial charge in [0.25, 0.3) is 0 Å². The van der Waals surface area contributed by atoms with Crippen molar-refractivity contribution in [3.05, 3.63) is 59.8 Å². The van der Waals surface area contributed by atoms with Crippen molar-refractivity contribution in [2.45, 2.75) is 130 Å². The summed E-state index contributed by atoms with van der Waals surface area (Å²) in [6.45, 7) is 16.4. The third-order valence-corrected chi connectivity index (χ3v) is 11.2. The van der Waals surface area contributed by atoms with Crippen LogP contribution in [-0.4, -0.2) is 73.8 Å². The van der Waals surface area contributed by atoms with E-state index in [1.807, 2.05) is 30.3 Å². The lowest BCUT2D eigenvalue weighted by atomic mass is 9.84. The van der Waals surface area contributed by atoms with Gasteiger partial charge in [0.05, 0.1) is 12.6 Å². The molecule has 8 nitrogen and oxygen atoms in total. The van der Waals surface area contributed by atoms with Crippen LogP contribution in [0, 0.1) is 5.92 Å². The van der Waals surface area contributed by atoms with E-state index in [0.717, 1.165) is 95.5 Å². The third-order valence-electron chi connectivity index (χ3n) is 10.1. The fourth-order valence-corrected chi connectivity index (χ4v) is 7.51. The first kappa shape index (κ1) is 45.3. The molecule has 2 atom stereocenters. The number of aromatic amines is 1. The van der Waals surface area contributed by atoms with Crippen LogP contribution in [0.4, 0.5) is 18.9 Å². The predicted molar refractivity (Wildman–Crippen MR) is 216 cm³/mol. The van der Waals surface area contributed by atoms with Gasteiger partial charge in [-0.2, -0.15) is 21.6 Å². The number of ether oxygens (including phenoxy) is 1. The first-order valence-electron chi connectivity index (χ1n) is 20.3. The van der Waals surface area contributed by atoms with Crippen LogP contribution in [-0.2, 0) is 10.0 Å². The van der Waals surface area contributed by atoms with Gasteiger partial charge in [-0.3, -0.25) is 14.4 Å². The minimum atomic E-state index is -5.56. The molecule has 0 fully saturated rings. The van der Waals surface area contributed by atoms with Crippen LogP contribution in [0.25, 0.3) is 10.9 Å².